The lowest BCUT2D eigenvalue weighted by atomic mass is 10.4. The number of hydrogen-bond acceptors (Lipinski definition) is 4. The number of nitrogens with one attached hydrogen (secondary N) is 1. The van der Waals surface area contributed by atoms with Gasteiger partial charge >= 0.3 is 5.97 Å². The van der Waals surface area contributed by atoms with Crippen LogP contribution in [0.25, 0.3) is 0 Å². The highest BCUT2D eigenvalue weighted by Crippen LogP contribution is 1.84. The summed E-state index contributed by atoms with van der Waals surface area (Å²) in [4.78, 5) is 10.0. The molecule has 0 saturated heterocycles. The molecular formula is C5H12N2O4S. The summed E-state index contributed by atoms with van der Waals surface area (Å²) in [6.45, 7) is 1.67. The molecular weight excluding hydrogens is 184 g/mol. The van der Waals surface area contributed by atoms with Crippen LogP contribution in [0.2, 0.25) is 0 Å². The van der Waals surface area contributed by atoms with Crippen molar-refractivity contribution in [1.29, 1.82) is 0 Å². The number of rotatable bonds is 5. The number of aliphatic carboxylic acids is 1. The summed E-state index contributed by atoms with van der Waals surface area (Å²) in [6.07, 6.45) is 0. The summed E-state index contributed by atoms with van der Waals surface area (Å²) in [7, 11) is -3.71. The van der Waals surface area contributed by atoms with Crippen molar-refractivity contribution in [1.82, 2.24) is 4.72 Å². The zero-order chi connectivity index (χ0) is 9.78. The van der Waals surface area contributed by atoms with Crippen LogP contribution < -0.4 is 10.5 Å². The molecule has 0 amide bonds. The summed E-state index contributed by atoms with van der Waals surface area (Å²) in [5.74, 6) is -2.30. The molecule has 0 aromatic carbocycles. The summed E-state index contributed by atoms with van der Waals surface area (Å²) in [6, 6.07) is -0.325. The van der Waals surface area contributed by atoms with E-state index in [-0.39, 0.29) is 12.6 Å². The van der Waals surface area contributed by atoms with Crippen LogP contribution in [0, 0.1) is 0 Å². The van der Waals surface area contributed by atoms with Crippen molar-refractivity contribution in [3.63, 3.8) is 0 Å². The molecule has 0 bridgehead atoms. The van der Waals surface area contributed by atoms with E-state index in [1.807, 2.05) is 0 Å². The van der Waals surface area contributed by atoms with Crippen LogP contribution in [0.4, 0.5) is 0 Å². The van der Waals surface area contributed by atoms with E-state index >= 15 is 0 Å². The number of sulfonamides is 1. The monoisotopic (exact) mass is 196 g/mol. The van der Waals surface area contributed by atoms with E-state index in [1.165, 1.54) is 0 Å². The number of carbonyl (C=O) groups is 1. The molecule has 72 valence electrons. The van der Waals surface area contributed by atoms with E-state index in [4.69, 9.17) is 10.8 Å². The quantitative estimate of drug-likeness (QED) is 0.487. The second-order valence-corrected chi connectivity index (χ2v) is 4.29. The first-order chi connectivity index (χ1) is 5.33. The van der Waals surface area contributed by atoms with Crippen LogP contribution in [0.15, 0.2) is 0 Å². The number of carboxylic acid groups (broad SMARTS) is 1. The maximum atomic E-state index is 10.8. The van der Waals surface area contributed by atoms with Gasteiger partial charge in [0.1, 0.15) is 0 Å². The molecule has 0 fully saturated rings. The molecule has 1 atom stereocenters. The van der Waals surface area contributed by atoms with Crippen LogP contribution in [0.5, 0.6) is 0 Å². The Hall–Kier alpha value is -0.660. The van der Waals surface area contributed by atoms with Gasteiger partial charge in [0.25, 0.3) is 0 Å². The average Bonchev–Trinajstić information content (AvgIpc) is 1.81. The molecule has 4 N–H and O–H groups in total. The van der Waals surface area contributed by atoms with Gasteiger partial charge in [-0.05, 0) is 6.92 Å². The van der Waals surface area contributed by atoms with E-state index < -0.39 is 21.7 Å². The first kappa shape index (κ1) is 11.3. The maximum Gasteiger partial charge on any atom is 0.320 e. The first-order valence-electron chi connectivity index (χ1n) is 3.28. The SMILES string of the molecule is CC(N)CNS(=O)(=O)CC(=O)O. The smallest absolute Gasteiger partial charge is 0.320 e. The summed E-state index contributed by atoms with van der Waals surface area (Å²) in [5, 5.41) is 8.16. The lowest BCUT2D eigenvalue weighted by molar-refractivity contribution is -0.134. The van der Waals surface area contributed by atoms with Gasteiger partial charge in [0.15, 0.2) is 5.75 Å². The molecule has 0 aromatic rings. The predicted octanol–water partition coefficient (Wildman–Crippen LogP) is -1.66. The fraction of sp³-hybridized carbons (Fsp3) is 0.800. The van der Waals surface area contributed by atoms with Crippen LogP contribution in [0.1, 0.15) is 6.92 Å². The highest BCUT2D eigenvalue weighted by molar-refractivity contribution is 7.90. The van der Waals surface area contributed by atoms with Gasteiger partial charge in [-0.25, -0.2) is 13.1 Å². The molecule has 0 aliphatic rings. The highest BCUT2D eigenvalue weighted by Gasteiger charge is 2.14. The Morgan fingerprint density at radius 2 is 2.17 bits per heavy atom. The minimum Gasteiger partial charge on any atom is -0.480 e. The van der Waals surface area contributed by atoms with Crippen molar-refractivity contribution in [2.45, 2.75) is 13.0 Å². The normalized spacial score (nSPS) is 14.2. The second kappa shape index (κ2) is 4.39. The van der Waals surface area contributed by atoms with Gasteiger partial charge in [0.2, 0.25) is 10.0 Å². The fourth-order valence-corrected chi connectivity index (χ4v) is 1.42. The van der Waals surface area contributed by atoms with E-state index in [9.17, 15) is 13.2 Å². The molecule has 1 unspecified atom stereocenters. The second-order valence-electron chi connectivity index (χ2n) is 2.48. The third-order valence-electron chi connectivity index (χ3n) is 0.939. The van der Waals surface area contributed by atoms with Crippen molar-refractivity contribution in [2.75, 3.05) is 12.3 Å². The lowest BCUT2D eigenvalue weighted by Gasteiger charge is -2.06. The van der Waals surface area contributed by atoms with Gasteiger partial charge in [-0.2, -0.15) is 0 Å². The number of hydrogen-bond donors (Lipinski definition) is 3. The van der Waals surface area contributed by atoms with Crippen LogP contribution >= 0.6 is 0 Å². The maximum absolute atomic E-state index is 10.8. The van der Waals surface area contributed by atoms with Gasteiger partial charge < -0.3 is 10.8 Å². The van der Waals surface area contributed by atoms with Crippen LogP contribution in [-0.2, 0) is 14.8 Å². The molecule has 0 aliphatic carbocycles. The third kappa shape index (κ3) is 6.08. The Morgan fingerprint density at radius 1 is 1.67 bits per heavy atom. The van der Waals surface area contributed by atoms with Gasteiger partial charge in [0.05, 0.1) is 0 Å². The Labute approximate surface area is 70.8 Å². The summed E-state index contributed by atoms with van der Waals surface area (Å²) < 4.78 is 23.7. The van der Waals surface area contributed by atoms with Crippen LogP contribution in [0.3, 0.4) is 0 Å². The van der Waals surface area contributed by atoms with Gasteiger partial charge in [-0.1, -0.05) is 0 Å². The van der Waals surface area contributed by atoms with Crippen LogP contribution in [-0.4, -0.2) is 37.8 Å². The van der Waals surface area contributed by atoms with E-state index in [2.05, 4.69) is 4.72 Å². The Bertz CT molecular complexity index is 246. The number of carboxylic acids is 1. The minimum absolute atomic E-state index is 0.0512. The van der Waals surface area contributed by atoms with Crippen molar-refractivity contribution < 1.29 is 18.3 Å². The molecule has 7 heteroatoms. The first-order valence-corrected chi connectivity index (χ1v) is 4.93. The number of nitrogens with two attached hydrogens (primary N) is 1. The van der Waals surface area contributed by atoms with Crippen molar-refractivity contribution >= 4 is 16.0 Å². The van der Waals surface area contributed by atoms with Crippen molar-refractivity contribution in [3.8, 4) is 0 Å². The standard InChI is InChI=1S/C5H12N2O4S/c1-4(6)2-7-12(10,11)3-5(8)9/h4,7H,2-3,6H2,1H3,(H,8,9). The molecule has 0 spiro atoms. The Kier molecular flexibility index (Phi) is 4.15. The molecule has 12 heavy (non-hydrogen) atoms. The van der Waals surface area contributed by atoms with Crippen molar-refractivity contribution in [3.05, 3.63) is 0 Å². The van der Waals surface area contributed by atoms with Gasteiger partial charge in [-0.3, -0.25) is 4.79 Å². The fourth-order valence-electron chi connectivity index (χ4n) is 0.472. The summed E-state index contributed by atoms with van der Waals surface area (Å²) in [5.41, 5.74) is 5.26. The Morgan fingerprint density at radius 3 is 2.50 bits per heavy atom. The lowest BCUT2D eigenvalue weighted by Crippen LogP contribution is -2.37. The molecule has 0 aromatic heterocycles. The molecule has 0 heterocycles. The van der Waals surface area contributed by atoms with Crippen molar-refractivity contribution in [2.24, 2.45) is 5.73 Å². The zero-order valence-electron chi connectivity index (χ0n) is 6.65. The molecule has 0 saturated carbocycles. The summed E-state index contributed by atoms with van der Waals surface area (Å²) >= 11 is 0. The van der Waals surface area contributed by atoms with E-state index in [1.54, 1.807) is 6.92 Å². The predicted molar refractivity (Wildman–Crippen MR) is 43.1 cm³/mol. The minimum atomic E-state index is -3.71. The van der Waals surface area contributed by atoms with Gasteiger partial charge in [-0.15, -0.1) is 0 Å². The largest absolute Gasteiger partial charge is 0.480 e. The molecule has 0 radical (unpaired) electrons. The van der Waals surface area contributed by atoms with Gasteiger partial charge in [0, 0.05) is 12.6 Å². The van der Waals surface area contributed by atoms with E-state index in [0.29, 0.717) is 0 Å². The Balaban J connectivity index is 3.98. The van der Waals surface area contributed by atoms with E-state index in [0.717, 1.165) is 0 Å². The molecule has 0 aliphatic heterocycles. The molecule has 6 nitrogen and oxygen atoms in total. The highest BCUT2D eigenvalue weighted by atomic mass is 32.2. The topological polar surface area (TPSA) is 109 Å². The third-order valence-corrected chi connectivity index (χ3v) is 2.17. The average molecular weight is 196 g/mol. The molecule has 0 rings (SSSR count). The zero-order valence-corrected chi connectivity index (χ0v) is 7.47.